The number of rotatable bonds is 17. The molecular weight excluding hydrogens is 396 g/mol. The van der Waals surface area contributed by atoms with Gasteiger partial charge in [-0.1, -0.05) is 96.6 Å². The van der Waals surface area contributed by atoms with Gasteiger partial charge in [0.05, 0.1) is 12.2 Å². The van der Waals surface area contributed by atoms with E-state index in [9.17, 15) is 4.79 Å². The van der Waals surface area contributed by atoms with Crippen LogP contribution in [0.25, 0.3) is 11.4 Å². The molecule has 0 saturated carbocycles. The maximum Gasteiger partial charge on any atom is 0.338 e. The minimum absolute atomic E-state index is 0.254. The van der Waals surface area contributed by atoms with Crippen LogP contribution in [0.3, 0.4) is 0 Å². The molecule has 2 rings (SSSR count). The zero-order valence-electron chi connectivity index (χ0n) is 20.3. The van der Waals surface area contributed by atoms with E-state index in [1.54, 1.807) is 12.1 Å². The Bertz CT molecular complexity index is 741. The molecule has 1 aromatic carbocycles. The van der Waals surface area contributed by atoms with Crippen LogP contribution in [0.1, 0.15) is 113 Å². The van der Waals surface area contributed by atoms with Crippen LogP contribution >= 0.6 is 0 Å². The zero-order valence-corrected chi connectivity index (χ0v) is 20.3. The number of hydrogen-bond acceptors (Lipinski definition) is 4. The van der Waals surface area contributed by atoms with Crippen molar-refractivity contribution in [3.05, 3.63) is 47.8 Å². The fourth-order valence-corrected chi connectivity index (χ4v) is 3.81. The van der Waals surface area contributed by atoms with Gasteiger partial charge in [0.15, 0.2) is 5.82 Å². The first-order valence-electron chi connectivity index (χ1n) is 12.8. The molecule has 32 heavy (non-hydrogen) atoms. The van der Waals surface area contributed by atoms with Gasteiger partial charge in [0, 0.05) is 18.0 Å². The lowest BCUT2D eigenvalue weighted by atomic mass is 10.1. The van der Waals surface area contributed by atoms with Crippen molar-refractivity contribution < 1.29 is 9.53 Å². The third-order valence-electron chi connectivity index (χ3n) is 5.88. The van der Waals surface area contributed by atoms with Gasteiger partial charge in [-0.2, -0.15) is 0 Å². The molecule has 4 heteroatoms. The average molecular weight is 439 g/mol. The molecular formula is C28H42N2O2. The second-order valence-corrected chi connectivity index (χ2v) is 8.77. The largest absolute Gasteiger partial charge is 0.462 e. The van der Waals surface area contributed by atoms with E-state index in [1.165, 1.54) is 76.2 Å². The first kappa shape index (κ1) is 26.0. The number of carbonyl (C=O) groups is 1. The number of ether oxygens (including phenoxy) is 1. The Morgan fingerprint density at radius 2 is 1.25 bits per heavy atom. The molecule has 0 aliphatic rings. The summed E-state index contributed by atoms with van der Waals surface area (Å²) >= 11 is 0. The molecule has 0 radical (unpaired) electrons. The van der Waals surface area contributed by atoms with Gasteiger partial charge in [-0.05, 0) is 37.0 Å². The Labute approximate surface area is 195 Å². The van der Waals surface area contributed by atoms with Crippen molar-refractivity contribution in [3.8, 4) is 11.4 Å². The fraction of sp³-hybridized carbons (Fsp3) is 0.607. The summed E-state index contributed by atoms with van der Waals surface area (Å²) in [5.41, 5.74) is 2.69. The van der Waals surface area contributed by atoms with Crippen molar-refractivity contribution >= 4 is 5.97 Å². The molecule has 0 N–H and O–H groups in total. The first-order chi connectivity index (χ1) is 15.7. The fourth-order valence-electron chi connectivity index (χ4n) is 3.81. The molecule has 1 aromatic heterocycles. The number of aryl methyl sites for hydroxylation is 1. The molecule has 4 nitrogen and oxygen atoms in total. The lowest BCUT2D eigenvalue weighted by Crippen LogP contribution is -2.06. The van der Waals surface area contributed by atoms with Crippen LogP contribution in [-0.2, 0) is 11.2 Å². The lowest BCUT2D eigenvalue weighted by molar-refractivity contribution is 0.0497. The molecule has 176 valence electrons. The van der Waals surface area contributed by atoms with Crippen LogP contribution in [-0.4, -0.2) is 22.5 Å². The minimum atomic E-state index is -0.254. The van der Waals surface area contributed by atoms with E-state index in [2.05, 4.69) is 23.8 Å². The summed E-state index contributed by atoms with van der Waals surface area (Å²) in [4.78, 5) is 21.3. The molecule has 0 bridgehead atoms. The SMILES string of the molecule is CCCCCCCCCc1cnc(-c2ccc(C(=O)OCCCCCCCC)cc2)nc1. The molecule has 0 aliphatic heterocycles. The normalized spacial score (nSPS) is 10.9. The monoisotopic (exact) mass is 438 g/mol. The smallest absolute Gasteiger partial charge is 0.338 e. The van der Waals surface area contributed by atoms with Crippen LogP contribution in [0.4, 0.5) is 0 Å². The van der Waals surface area contributed by atoms with E-state index in [-0.39, 0.29) is 5.97 Å². The van der Waals surface area contributed by atoms with Gasteiger partial charge in [0.1, 0.15) is 0 Å². The summed E-state index contributed by atoms with van der Waals surface area (Å²) in [6.45, 7) is 4.96. The van der Waals surface area contributed by atoms with Crippen LogP contribution in [0.5, 0.6) is 0 Å². The highest BCUT2D eigenvalue weighted by Crippen LogP contribution is 2.17. The summed E-state index contributed by atoms with van der Waals surface area (Å²) in [5, 5.41) is 0. The van der Waals surface area contributed by atoms with Crippen molar-refractivity contribution in [1.29, 1.82) is 0 Å². The maximum atomic E-state index is 12.2. The van der Waals surface area contributed by atoms with Crippen molar-refractivity contribution in [2.45, 2.75) is 104 Å². The number of hydrogen-bond donors (Lipinski definition) is 0. The van der Waals surface area contributed by atoms with Crippen LogP contribution in [0.15, 0.2) is 36.7 Å². The average Bonchev–Trinajstić information content (AvgIpc) is 2.83. The minimum Gasteiger partial charge on any atom is -0.462 e. The molecule has 0 fully saturated rings. The second-order valence-electron chi connectivity index (χ2n) is 8.77. The molecule has 0 amide bonds. The number of benzene rings is 1. The molecule has 0 unspecified atom stereocenters. The van der Waals surface area contributed by atoms with Gasteiger partial charge in [-0.25, -0.2) is 14.8 Å². The number of carbonyl (C=O) groups excluding carboxylic acids is 1. The summed E-state index contributed by atoms with van der Waals surface area (Å²) in [6.07, 6.45) is 21.2. The van der Waals surface area contributed by atoms with Gasteiger partial charge in [-0.15, -0.1) is 0 Å². The zero-order chi connectivity index (χ0) is 22.9. The summed E-state index contributed by atoms with van der Waals surface area (Å²) < 4.78 is 5.40. The van der Waals surface area contributed by atoms with E-state index in [0.717, 1.165) is 24.8 Å². The standard InChI is InChI=1S/C28H42N2O2/c1-3-5-7-9-11-12-14-16-24-22-29-27(30-23-24)25-17-19-26(20-18-25)28(31)32-21-15-13-10-8-6-4-2/h17-20,22-23H,3-16,21H2,1-2H3. The van der Waals surface area contributed by atoms with E-state index in [1.807, 2.05) is 24.5 Å². The quantitative estimate of drug-likeness (QED) is 0.186. The van der Waals surface area contributed by atoms with Gasteiger partial charge >= 0.3 is 5.97 Å². The number of aromatic nitrogens is 2. The Hall–Kier alpha value is -2.23. The summed E-state index contributed by atoms with van der Waals surface area (Å²) in [6, 6.07) is 7.39. The van der Waals surface area contributed by atoms with Crippen molar-refractivity contribution in [3.63, 3.8) is 0 Å². The molecule has 0 spiro atoms. The molecule has 1 heterocycles. The van der Waals surface area contributed by atoms with Crippen LogP contribution in [0, 0.1) is 0 Å². The number of unbranched alkanes of at least 4 members (excludes halogenated alkanes) is 11. The molecule has 0 aliphatic carbocycles. The molecule has 0 atom stereocenters. The summed E-state index contributed by atoms with van der Waals surface area (Å²) in [7, 11) is 0. The first-order valence-corrected chi connectivity index (χ1v) is 12.8. The third kappa shape index (κ3) is 10.4. The Balaban J connectivity index is 1.70. The predicted molar refractivity (Wildman–Crippen MR) is 133 cm³/mol. The van der Waals surface area contributed by atoms with Gasteiger partial charge in [0.2, 0.25) is 0 Å². The topological polar surface area (TPSA) is 52.1 Å². The highest BCUT2D eigenvalue weighted by atomic mass is 16.5. The highest BCUT2D eigenvalue weighted by Gasteiger charge is 2.08. The van der Waals surface area contributed by atoms with Crippen LogP contribution < -0.4 is 0 Å². The summed E-state index contributed by atoms with van der Waals surface area (Å²) in [5.74, 6) is 0.441. The second kappa shape index (κ2) is 16.4. The Morgan fingerprint density at radius 3 is 1.84 bits per heavy atom. The lowest BCUT2D eigenvalue weighted by Gasteiger charge is -2.06. The predicted octanol–water partition coefficient (Wildman–Crippen LogP) is 7.95. The van der Waals surface area contributed by atoms with Crippen molar-refractivity contribution in [2.24, 2.45) is 0 Å². The molecule has 2 aromatic rings. The third-order valence-corrected chi connectivity index (χ3v) is 5.88. The van der Waals surface area contributed by atoms with Crippen LogP contribution in [0.2, 0.25) is 0 Å². The highest BCUT2D eigenvalue weighted by molar-refractivity contribution is 5.89. The van der Waals surface area contributed by atoms with E-state index in [4.69, 9.17) is 4.74 Å². The van der Waals surface area contributed by atoms with Crippen molar-refractivity contribution in [2.75, 3.05) is 6.61 Å². The van der Waals surface area contributed by atoms with Crippen molar-refractivity contribution in [1.82, 2.24) is 9.97 Å². The van der Waals surface area contributed by atoms with E-state index < -0.39 is 0 Å². The van der Waals surface area contributed by atoms with Gasteiger partial charge in [-0.3, -0.25) is 0 Å². The van der Waals surface area contributed by atoms with Gasteiger partial charge in [0.25, 0.3) is 0 Å². The Kier molecular flexibility index (Phi) is 13.3. The maximum absolute atomic E-state index is 12.2. The Morgan fingerprint density at radius 1 is 0.719 bits per heavy atom. The van der Waals surface area contributed by atoms with Gasteiger partial charge < -0.3 is 4.74 Å². The van der Waals surface area contributed by atoms with E-state index in [0.29, 0.717) is 18.0 Å². The number of esters is 1. The molecule has 0 saturated heterocycles. The van der Waals surface area contributed by atoms with E-state index >= 15 is 0 Å². The number of nitrogens with zero attached hydrogens (tertiary/aromatic N) is 2.